The van der Waals surface area contributed by atoms with Gasteiger partial charge in [-0.25, -0.2) is 9.59 Å². The number of Topliss-reactive ketones (excluding diaryl/α,β-unsaturated/α-hetero) is 2. The molecule has 3 amide bonds. The van der Waals surface area contributed by atoms with Crippen molar-refractivity contribution < 1.29 is 48.1 Å². The van der Waals surface area contributed by atoms with Crippen LogP contribution in [-0.2, 0) is 36.8 Å². The normalized spacial score (nSPS) is 14.8. The van der Waals surface area contributed by atoms with Gasteiger partial charge in [0, 0.05) is 42.3 Å². The number of nitrogens with one attached hydrogen (secondary N) is 3. The number of aryl methyl sites for hydroxylation is 1. The number of rotatable bonds is 25. The number of fused-ring (bicyclic) bond motifs is 1. The van der Waals surface area contributed by atoms with Crippen LogP contribution in [0.3, 0.4) is 0 Å². The molecule has 0 saturated carbocycles. The van der Waals surface area contributed by atoms with Gasteiger partial charge in [0.15, 0.2) is 23.1 Å². The number of ketones is 2. The Morgan fingerprint density at radius 1 is 0.701 bits per heavy atom. The molecule has 13 heteroatoms. The van der Waals surface area contributed by atoms with Gasteiger partial charge in [0.1, 0.15) is 11.6 Å². The van der Waals surface area contributed by atoms with E-state index in [2.05, 4.69) is 47.1 Å². The van der Waals surface area contributed by atoms with Gasteiger partial charge < -0.3 is 35.3 Å². The molecule has 0 aliphatic carbocycles. The molecule has 0 radical (unpaired) electrons. The van der Waals surface area contributed by atoms with E-state index in [0.717, 1.165) is 48.8 Å². The highest BCUT2D eigenvalue weighted by atomic mass is 16.7. The van der Waals surface area contributed by atoms with Crippen LogP contribution in [0, 0.1) is 11.8 Å². The minimum Gasteiger partial charge on any atom is -0.480 e. The number of alkyl carbamates (subject to hydrolysis) is 1. The Morgan fingerprint density at radius 2 is 1.33 bits per heavy atom. The molecule has 0 aromatic heterocycles. The van der Waals surface area contributed by atoms with Gasteiger partial charge in [-0.2, -0.15) is 0 Å². The van der Waals surface area contributed by atoms with Gasteiger partial charge in [0.25, 0.3) is 6.29 Å². The Bertz CT molecular complexity index is 2290. The third kappa shape index (κ3) is 16.1. The molecule has 1 aliphatic rings. The van der Waals surface area contributed by atoms with Gasteiger partial charge in [-0.15, -0.1) is 0 Å². The SMILES string of the molecule is CCCCC[C@H](NC(=O)[C@H](C)CC(=O)[C@H](Cc1ccc2c(c1)OC(c1ccccc1)O2)NC(=O)[C@H](CCNC(=O)OC(C)(C)C)CC(=O)c1ccc(-c2ccc(CCCC)cc2)cc1)C(=O)O. The van der Waals surface area contributed by atoms with Crippen molar-refractivity contribution in [3.05, 3.63) is 119 Å². The topological polar surface area (TPSA) is 186 Å². The highest BCUT2D eigenvalue weighted by molar-refractivity contribution is 6.00. The van der Waals surface area contributed by atoms with Gasteiger partial charge in [0.05, 0.1) is 6.04 Å². The molecular weight excluding hydrogens is 851 g/mol. The first kappa shape index (κ1) is 51.5. The van der Waals surface area contributed by atoms with E-state index in [1.807, 2.05) is 49.4 Å². The number of carboxylic acids is 1. The van der Waals surface area contributed by atoms with E-state index in [9.17, 15) is 33.9 Å². The Morgan fingerprint density at radius 3 is 1.97 bits per heavy atom. The zero-order chi connectivity index (χ0) is 48.5. The average Bonchev–Trinajstić information content (AvgIpc) is 3.73. The Labute approximate surface area is 394 Å². The molecule has 5 rings (SSSR count). The third-order valence-electron chi connectivity index (χ3n) is 11.6. The maximum atomic E-state index is 14.5. The van der Waals surface area contributed by atoms with Crippen LogP contribution in [0.2, 0.25) is 0 Å². The third-order valence-corrected chi connectivity index (χ3v) is 11.6. The second-order valence-electron chi connectivity index (χ2n) is 18.4. The number of amides is 3. The second-order valence-corrected chi connectivity index (χ2v) is 18.4. The lowest BCUT2D eigenvalue weighted by atomic mass is 9.91. The summed E-state index contributed by atoms with van der Waals surface area (Å²) in [5, 5.41) is 18.0. The predicted molar refractivity (Wildman–Crippen MR) is 257 cm³/mol. The minimum atomic E-state index is -1.17. The summed E-state index contributed by atoms with van der Waals surface area (Å²) in [5.41, 5.74) is 4.30. The fraction of sp³-hybridized carbons (Fsp3) is 0.444. The molecule has 13 nitrogen and oxygen atoms in total. The van der Waals surface area contributed by atoms with E-state index in [4.69, 9.17) is 14.2 Å². The molecule has 4 aromatic carbocycles. The number of aliphatic carboxylic acids is 1. The number of benzene rings is 4. The summed E-state index contributed by atoms with van der Waals surface area (Å²) in [6.45, 7) is 10.9. The molecule has 67 heavy (non-hydrogen) atoms. The maximum Gasteiger partial charge on any atom is 0.407 e. The lowest BCUT2D eigenvalue weighted by molar-refractivity contribution is -0.142. The van der Waals surface area contributed by atoms with Gasteiger partial charge in [-0.1, -0.05) is 131 Å². The minimum absolute atomic E-state index is 0.00179. The molecular formula is C54H67N3O10. The smallest absolute Gasteiger partial charge is 0.407 e. The summed E-state index contributed by atoms with van der Waals surface area (Å²) in [6.07, 6.45) is 3.96. The van der Waals surface area contributed by atoms with Crippen molar-refractivity contribution in [2.24, 2.45) is 11.8 Å². The Balaban J connectivity index is 1.36. The molecule has 1 heterocycles. The maximum absolute atomic E-state index is 14.5. The number of hydrogen-bond donors (Lipinski definition) is 4. The van der Waals surface area contributed by atoms with Crippen LogP contribution in [0.1, 0.15) is 133 Å². The van der Waals surface area contributed by atoms with Gasteiger partial charge in [-0.05, 0) is 87.3 Å². The molecule has 0 saturated heterocycles. The first-order chi connectivity index (χ1) is 32.0. The standard InChI is InChI=1S/C54H67N3O10/c1-7-9-12-18-43(51(62)63)56-49(60)35(3)31-46(59)44(32-37-21-28-47-48(33-37)66-52(65-47)41-16-13-11-14-17-41)57-50(61)42(29-30-55-53(64)67-54(4,5)6)34-45(58)40-26-24-39(25-27-40)38-22-19-36(20-23-38)15-10-8-2/h11,13-14,16-17,19-28,33,35,42-44,52H,7-10,12,15,18,29-32,34H2,1-6H3,(H,55,64)(H,56,60)(H,57,61)(H,62,63)/t35-,42-,43+,44+,52?/m1/s1. The number of carboxylic acid groups (broad SMARTS) is 1. The van der Waals surface area contributed by atoms with Crippen LogP contribution < -0.4 is 25.4 Å². The van der Waals surface area contributed by atoms with E-state index in [1.165, 1.54) is 5.56 Å². The van der Waals surface area contributed by atoms with Crippen LogP contribution in [0.15, 0.2) is 97.1 Å². The summed E-state index contributed by atoms with van der Waals surface area (Å²) < 4.78 is 17.6. The van der Waals surface area contributed by atoms with Gasteiger partial charge in [0.2, 0.25) is 11.8 Å². The fourth-order valence-electron chi connectivity index (χ4n) is 7.77. The van der Waals surface area contributed by atoms with Crippen molar-refractivity contribution in [1.29, 1.82) is 0 Å². The van der Waals surface area contributed by atoms with Crippen molar-refractivity contribution in [2.45, 2.75) is 136 Å². The summed E-state index contributed by atoms with van der Waals surface area (Å²) >= 11 is 0. The largest absolute Gasteiger partial charge is 0.480 e. The van der Waals surface area contributed by atoms with Crippen LogP contribution >= 0.6 is 0 Å². The van der Waals surface area contributed by atoms with Crippen molar-refractivity contribution in [3.63, 3.8) is 0 Å². The van der Waals surface area contributed by atoms with Crippen LogP contribution in [-0.4, -0.2) is 64.8 Å². The summed E-state index contributed by atoms with van der Waals surface area (Å²) in [6, 6.07) is 28.0. The van der Waals surface area contributed by atoms with E-state index >= 15 is 0 Å². The zero-order valence-electron chi connectivity index (χ0n) is 39.7. The number of hydrogen-bond acceptors (Lipinski definition) is 9. The molecule has 4 aromatic rings. The number of carbonyl (C=O) groups is 6. The first-order valence-electron chi connectivity index (χ1n) is 23.6. The fourth-order valence-corrected chi connectivity index (χ4v) is 7.77. The van der Waals surface area contributed by atoms with Crippen LogP contribution in [0.4, 0.5) is 4.79 Å². The molecule has 0 bridgehead atoms. The molecule has 0 spiro atoms. The molecule has 358 valence electrons. The van der Waals surface area contributed by atoms with Crippen LogP contribution in [0.5, 0.6) is 11.5 Å². The molecule has 4 N–H and O–H groups in total. The highest BCUT2D eigenvalue weighted by Gasteiger charge is 2.32. The average molecular weight is 918 g/mol. The lowest BCUT2D eigenvalue weighted by Crippen LogP contribution is -2.48. The number of unbranched alkanes of at least 4 members (excludes halogenated alkanes) is 3. The molecule has 1 aliphatic heterocycles. The molecule has 5 atom stereocenters. The summed E-state index contributed by atoms with van der Waals surface area (Å²) in [7, 11) is 0. The number of ether oxygens (including phenoxy) is 3. The van der Waals surface area contributed by atoms with Crippen LogP contribution in [0.25, 0.3) is 11.1 Å². The molecule has 1 unspecified atom stereocenters. The van der Waals surface area contributed by atoms with Crippen molar-refractivity contribution in [1.82, 2.24) is 16.0 Å². The van der Waals surface area contributed by atoms with Crippen molar-refractivity contribution in [2.75, 3.05) is 6.54 Å². The van der Waals surface area contributed by atoms with Crippen molar-refractivity contribution in [3.8, 4) is 22.6 Å². The quantitative estimate of drug-likeness (QED) is 0.0368. The van der Waals surface area contributed by atoms with E-state index < -0.39 is 65.5 Å². The van der Waals surface area contributed by atoms with E-state index in [0.29, 0.717) is 29.0 Å². The Kier molecular flexibility index (Phi) is 19.1. The summed E-state index contributed by atoms with van der Waals surface area (Å²) in [5.74, 6) is -4.09. The monoisotopic (exact) mass is 917 g/mol. The highest BCUT2D eigenvalue weighted by Crippen LogP contribution is 2.41. The lowest BCUT2D eigenvalue weighted by Gasteiger charge is -2.24. The number of carbonyl (C=O) groups excluding carboxylic acids is 5. The second kappa shape index (κ2) is 24.9. The van der Waals surface area contributed by atoms with Gasteiger partial charge in [-0.3, -0.25) is 19.2 Å². The molecule has 0 fully saturated rings. The van der Waals surface area contributed by atoms with E-state index in [1.54, 1.807) is 58.0 Å². The Hall–Kier alpha value is -6.50. The summed E-state index contributed by atoms with van der Waals surface area (Å²) in [4.78, 5) is 80.7. The van der Waals surface area contributed by atoms with E-state index in [-0.39, 0.29) is 44.4 Å². The van der Waals surface area contributed by atoms with Crippen molar-refractivity contribution >= 4 is 35.4 Å². The zero-order valence-corrected chi connectivity index (χ0v) is 39.7. The first-order valence-corrected chi connectivity index (χ1v) is 23.6. The van der Waals surface area contributed by atoms with Gasteiger partial charge >= 0.3 is 12.1 Å². The predicted octanol–water partition coefficient (Wildman–Crippen LogP) is 9.74.